The number of benzene rings is 1. The van der Waals surface area contributed by atoms with Crippen LogP contribution in [-0.2, 0) is 11.3 Å². The second-order valence-electron chi connectivity index (χ2n) is 4.00. The predicted molar refractivity (Wildman–Crippen MR) is 75.3 cm³/mol. The number of nitrogens with one attached hydrogen (secondary N) is 2. The van der Waals surface area contributed by atoms with Gasteiger partial charge < -0.3 is 15.4 Å². The highest BCUT2D eigenvalue weighted by Gasteiger charge is 1.97. The van der Waals surface area contributed by atoms with E-state index in [2.05, 4.69) is 51.7 Å². The molecule has 0 saturated carbocycles. The highest BCUT2D eigenvalue weighted by Crippen LogP contribution is 2.17. The first-order chi connectivity index (χ1) is 8.24. The Morgan fingerprint density at radius 2 is 1.94 bits per heavy atom. The number of methoxy groups -OCH3 is 1. The Morgan fingerprint density at radius 3 is 2.65 bits per heavy atom. The van der Waals surface area contributed by atoms with Gasteiger partial charge in [-0.2, -0.15) is 0 Å². The maximum Gasteiger partial charge on any atom is 0.0587 e. The third-order valence-electron chi connectivity index (χ3n) is 2.53. The largest absolute Gasteiger partial charge is 0.383 e. The van der Waals surface area contributed by atoms with E-state index in [0.29, 0.717) is 0 Å². The zero-order chi connectivity index (χ0) is 12.5. The van der Waals surface area contributed by atoms with Gasteiger partial charge in [0.05, 0.1) is 6.61 Å². The molecule has 0 bridgehead atoms. The molecular formula is C13H21BrN2O. The van der Waals surface area contributed by atoms with E-state index in [1.54, 1.807) is 7.11 Å². The molecule has 0 saturated heterocycles. The lowest BCUT2D eigenvalue weighted by Gasteiger charge is -2.07. The van der Waals surface area contributed by atoms with Gasteiger partial charge in [0.25, 0.3) is 0 Å². The second kappa shape index (κ2) is 8.64. The lowest BCUT2D eigenvalue weighted by Crippen LogP contribution is -2.29. The molecule has 0 heterocycles. The molecule has 4 heteroatoms. The van der Waals surface area contributed by atoms with Gasteiger partial charge in [0.1, 0.15) is 0 Å². The van der Waals surface area contributed by atoms with Gasteiger partial charge in [-0.15, -0.1) is 0 Å². The first-order valence-corrected chi connectivity index (χ1v) is 6.68. The molecule has 2 N–H and O–H groups in total. The summed E-state index contributed by atoms with van der Waals surface area (Å²) in [7, 11) is 1.72. The van der Waals surface area contributed by atoms with Crippen molar-refractivity contribution in [2.75, 3.05) is 33.4 Å². The van der Waals surface area contributed by atoms with E-state index in [9.17, 15) is 0 Å². The van der Waals surface area contributed by atoms with E-state index in [1.165, 1.54) is 15.6 Å². The van der Waals surface area contributed by atoms with E-state index in [-0.39, 0.29) is 0 Å². The molecule has 0 radical (unpaired) electrons. The molecule has 0 atom stereocenters. The highest BCUT2D eigenvalue weighted by molar-refractivity contribution is 9.10. The zero-order valence-electron chi connectivity index (χ0n) is 10.6. The van der Waals surface area contributed by atoms with Crippen molar-refractivity contribution in [1.82, 2.24) is 10.6 Å². The Bertz CT molecular complexity index is 331. The molecule has 0 aliphatic heterocycles. The van der Waals surface area contributed by atoms with Crippen molar-refractivity contribution in [2.45, 2.75) is 13.5 Å². The Labute approximate surface area is 112 Å². The fourth-order valence-corrected chi connectivity index (χ4v) is 1.88. The minimum atomic E-state index is 0.769. The molecule has 0 aliphatic carbocycles. The molecule has 3 nitrogen and oxygen atoms in total. The maximum atomic E-state index is 4.95. The molecule has 0 fully saturated rings. The first-order valence-electron chi connectivity index (χ1n) is 5.89. The van der Waals surface area contributed by atoms with Crippen LogP contribution >= 0.6 is 15.9 Å². The van der Waals surface area contributed by atoms with Gasteiger partial charge in [0.15, 0.2) is 0 Å². The van der Waals surface area contributed by atoms with Gasteiger partial charge >= 0.3 is 0 Å². The smallest absolute Gasteiger partial charge is 0.0587 e. The summed E-state index contributed by atoms with van der Waals surface area (Å²) < 4.78 is 6.13. The third kappa shape index (κ3) is 6.17. The molecule has 1 rings (SSSR count). The van der Waals surface area contributed by atoms with E-state index >= 15 is 0 Å². The zero-order valence-corrected chi connectivity index (χ0v) is 12.1. The average Bonchev–Trinajstić information content (AvgIpc) is 2.32. The molecular weight excluding hydrogens is 280 g/mol. The normalized spacial score (nSPS) is 10.8. The van der Waals surface area contributed by atoms with Gasteiger partial charge in [0, 0.05) is 37.8 Å². The van der Waals surface area contributed by atoms with Crippen molar-refractivity contribution < 1.29 is 4.74 Å². The predicted octanol–water partition coefficient (Wildman–Crippen LogP) is 2.08. The molecule has 0 amide bonds. The quantitative estimate of drug-likeness (QED) is 0.721. The van der Waals surface area contributed by atoms with Crippen molar-refractivity contribution in [3.63, 3.8) is 0 Å². The summed E-state index contributed by atoms with van der Waals surface area (Å²) in [6, 6.07) is 6.46. The maximum absolute atomic E-state index is 4.95. The molecule has 17 heavy (non-hydrogen) atoms. The standard InChI is InChI=1S/C13H21BrN2O/c1-11-3-4-12(9-13(11)14)10-16-6-5-15-7-8-17-2/h3-4,9,15-16H,5-8,10H2,1-2H3. The number of halogens is 1. The molecule has 0 unspecified atom stereocenters. The summed E-state index contributed by atoms with van der Waals surface area (Å²) in [6.45, 7) is 6.62. The van der Waals surface area contributed by atoms with Crippen molar-refractivity contribution in [2.24, 2.45) is 0 Å². The van der Waals surface area contributed by atoms with Crippen LogP contribution in [0.2, 0.25) is 0 Å². The SMILES string of the molecule is COCCNCCNCc1ccc(C)c(Br)c1. The Morgan fingerprint density at radius 1 is 1.18 bits per heavy atom. The Balaban J connectivity index is 2.11. The van der Waals surface area contributed by atoms with Gasteiger partial charge in [-0.1, -0.05) is 28.1 Å². The number of hydrogen-bond acceptors (Lipinski definition) is 3. The topological polar surface area (TPSA) is 33.3 Å². The van der Waals surface area contributed by atoms with Crippen LogP contribution in [-0.4, -0.2) is 33.4 Å². The molecule has 1 aromatic carbocycles. The Hall–Kier alpha value is -0.420. The summed E-state index contributed by atoms with van der Waals surface area (Å²) in [5, 5.41) is 6.70. The van der Waals surface area contributed by atoms with Gasteiger partial charge in [0.2, 0.25) is 0 Å². The summed E-state index contributed by atoms with van der Waals surface area (Å²) in [6.07, 6.45) is 0. The summed E-state index contributed by atoms with van der Waals surface area (Å²) in [4.78, 5) is 0. The van der Waals surface area contributed by atoms with Crippen LogP contribution < -0.4 is 10.6 Å². The van der Waals surface area contributed by atoms with Crippen molar-refractivity contribution >= 4 is 15.9 Å². The lowest BCUT2D eigenvalue weighted by atomic mass is 10.1. The summed E-state index contributed by atoms with van der Waals surface area (Å²) in [5.41, 5.74) is 2.58. The first kappa shape index (κ1) is 14.6. The number of ether oxygens (including phenoxy) is 1. The minimum absolute atomic E-state index is 0.769. The van der Waals surface area contributed by atoms with Crippen LogP contribution in [0, 0.1) is 6.92 Å². The van der Waals surface area contributed by atoms with Gasteiger partial charge in [-0.05, 0) is 24.1 Å². The van der Waals surface area contributed by atoms with Crippen LogP contribution in [0.15, 0.2) is 22.7 Å². The van der Waals surface area contributed by atoms with Crippen LogP contribution in [0.4, 0.5) is 0 Å². The second-order valence-corrected chi connectivity index (χ2v) is 4.86. The highest BCUT2D eigenvalue weighted by atomic mass is 79.9. The molecule has 0 spiro atoms. The Kier molecular flexibility index (Phi) is 7.44. The molecule has 96 valence electrons. The monoisotopic (exact) mass is 300 g/mol. The fraction of sp³-hybridized carbons (Fsp3) is 0.538. The molecule has 0 aromatic heterocycles. The van der Waals surface area contributed by atoms with E-state index in [0.717, 1.165) is 32.8 Å². The van der Waals surface area contributed by atoms with E-state index < -0.39 is 0 Å². The molecule has 1 aromatic rings. The van der Waals surface area contributed by atoms with Crippen molar-refractivity contribution in [3.8, 4) is 0 Å². The van der Waals surface area contributed by atoms with Crippen LogP contribution in [0.25, 0.3) is 0 Å². The number of rotatable bonds is 8. The fourth-order valence-electron chi connectivity index (χ4n) is 1.46. The van der Waals surface area contributed by atoms with Crippen molar-refractivity contribution in [3.05, 3.63) is 33.8 Å². The van der Waals surface area contributed by atoms with E-state index in [1.807, 2.05) is 0 Å². The lowest BCUT2D eigenvalue weighted by molar-refractivity contribution is 0.199. The van der Waals surface area contributed by atoms with Crippen LogP contribution in [0.5, 0.6) is 0 Å². The summed E-state index contributed by atoms with van der Waals surface area (Å²) >= 11 is 3.54. The average molecular weight is 301 g/mol. The molecule has 0 aliphatic rings. The number of aryl methyl sites for hydroxylation is 1. The van der Waals surface area contributed by atoms with Crippen LogP contribution in [0.3, 0.4) is 0 Å². The van der Waals surface area contributed by atoms with Gasteiger partial charge in [-0.25, -0.2) is 0 Å². The summed E-state index contributed by atoms with van der Waals surface area (Å²) in [5.74, 6) is 0. The van der Waals surface area contributed by atoms with E-state index in [4.69, 9.17) is 4.74 Å². The van der Waals surface area contributed by atoms with Gasteiger partial charge in [-0.3, -0.25) is 0 Å². The number of hydrogen-bond donors (Lipinski definition) is 2. The van der Waals surface area contributed by atoms with Crippen LogP contribution in [0.1, 0.15) is 11.1 Å². The van der Waals surface area contributed by atoms with Crippen molar-refractivity contribution in [1.29, 1.82) is 0 Å². The minimum Gasteiger partial charge on any atom is -0.383 e. The third-order valence-corrected chi connectivity index (χ3v) is 3.38.